The number of rotatable bonds is 3. The molecule has 0 aliphatic rings. The third-order valence-electron chi connectivity index (χ3n) is 3.53. The van der Waals surface area contributed by atoms with Gasteiger partial charge in [-0.3, -0.25) is 4.79 Å². The standard InChI is InChI=1S/C17H13Cl2N3O2/c1-10-13(9-20-22(10)12-5-3-2-4-6-12)17(24)21-11-7-14(18)16(23)15(19)8-11/h2-9,23H,1H3,(H,21,24). The number of nitrogens with one attached hydrogen (secondary N) is 1. The Bertz CT molecular complexity index is 884. The fraction of sp³-hybridized carbons (Fsp3) is 0.0588. The summed E-state index contributed by atoms with van der Waals surface area (Å²) in [6.07, 6.45) is 1.50. The molecule has 2 N–H and O–H groups in total. The normalized spacial score (nSPS) is 10.6. The van der Waals surface area contributed by atoms with Gasteiger partial charge in [-0.1, -0.05) is 41.4 Å². The summed E-state index contributed by atoms with van der Waals surface area (Å²) in [6.45, 7) is 1.81. The minimum Gasteiger partial charge on any atom is -0.505 e. The van der Waals surface area contributed by atoms with E-state index in [0.29, 0.717) is 16.9 Å². The average molecular weight is 362 g/mol. The number of anilines is 1. The lowest BCUT2D eigenvalue weighted by molar-refractivity contribution is 0.102. The van der Waals surface area contributed by atoms with Gasteiger partial charge in [0.2, 0.25) is 0 Å². The Morgan fingerprint density at radius 2 is 1.79 bits per heavy atom. The number of carbonyl (C=O) groups excluding carboxylic acids is 1. The van der Waals surface area contributed by atoms with E-state index in [1.807, 2.05) is 37.3 Å². The number of phenolic OH excluding ortho intramolecular Hbond substituents is 1. The Labute approximate surface area is 148 Å². The van der Waals surface area contributed by atoms with Crippen molar-refractivity contribution in [1.82, 2.24) is 9.78 Å². The van der Waals surface area contributed by atoms with E-state index in [2.05, 4.69) is 10.4 Å². The molecule has 0 saturated carbocycles. The molecule has 0 aliphatic heterocycles. The van der Waals surface area contributed by atoms with E-state index < -0.39 is 0 Å². The zero-order valence-corrected chi connectivity index (χ0v) is 14.1. The molecule has 24 heavy (non-hydrogen) atoms. The molecular formula is C17H13Cl2N3O2. The molecule has 0 unspecified atom stereocenters. The van der Waals surface area contributed by atoms with Crippen LogP contribution < -0.4 is 5.32 Å². The van der Waals surface area contributed by atoms with Crippen molar-refractivity contribution >= 4 is 34.8 Å². The molecule has 0 radical (unpaired) electrons. The molecule has 0 saturated heterocycles. The smallest absolute Gasteiger partial charge is 0.259 e. The van der Waals surface area contributed by atoms with Crippen LogP contribution in [-0.2, 0) is 0 Å². The highest BCUT2D eigenvalue weighted by molar-refractivity contribution is 6.37. The van der Waals surface area contributed by atoms with Crippen LogP contribution in [0.3, 0.4) is 0 Å². The number of aromatic nitrogens is 2. The monoisotopic (exact) mass is 361 g/mol. The molecule has 0 bridgehead atoms. The lowest BCUT2D eigenvalue weighted by Gasteiger charge is -2.08. The van der Waals surface area contributed by atoms with Crippen molar-refractivity contribution in [2.45, 2.75) is 6.92 Å². The number of hydrogen-bond acceptors (Lipinski definition) is 3. The van der Waals surface area contributed by atoms with Crippen LogP contribution in [0.2, 0.25) is 10.0 Å². The number of carbonyl (C=O) groups is 1. The summed E-state index contributed by atoms with van der Waals surface area (Å²) < 4.78 is 1.69. The molecule has 2 aromatic carbocycles. The Morgan fingerprint density at radius 3 is 2.42 bits per heavy atom. The van der Waals surface area contributed by atoms with Gasteiger partial charge in [0.15, 0.2) is 5.75 Å². The van der Waals surface area contributed by atoms with Crippen LogP contribution >= 0.6 is 23.2 Å². The lowest BCUT2D eigenvalue weighted by atomic mass is 10.2. The average Bonchev–Trinajstić information content (AvgIpc) is 2.95. The number of hydrogen-bond donors (Lipinski definition) is 2. The van der Waals surface area contributed by atoms with Gasteiger partial charge in [0.1, 0.15) is 0 Å². The summed E-state index contributed by atoms with van der Waals surface area (Å²) >= 11 is 11.7. The topological polar surface area (TPSA) is 67.2 Å². The Balaban J connectivity index is 1.88. The third kappa shape index (κ3) is 3.09. The second-order valence-corrected chi connectivity index (χ2v) is 5.95. The number of aromatic hydroxyl groups is 1. The van der Waals surface area contributed by atoms with E-state index in [1.165, 1.54) is 18.3 Å². The highest BCUT2D eigenvalue weighted by Gasteiger charge is 2.16. The van der Waals surface area contributed by atoms with E-state index in [9.17, 15) is 9.90 Å². The number of phenols is 1. The van der Waals surface area contributed by atoms with Gasteiger partial charge in [0.05, 0.1) is 33.2 Å². The van der Waals surface area contributed by atoms with Crippen molar-refractivity contribution in [3.8, 4) is 11.4 Å². The maximum absolute atomic E-state index is 12.5. The van der Waals surface area contributed by atoms with Gasteiger partial charge in [0.25, 0.3) is 5.91 Å². The van der Waals surface area contributed by atoms with Crippen LogP contribution in [0.4, 0.5) is 5.69 Å². The van der Waals surface area contributed by atoms with Gasteiger partial charge in [0, 0.05) is 5.69 Å². The van der Waals surface area contributed by atoms with Crippen molar-refractivity contribution in [3.63, 3.8) is 0 Å². The summed E-state index contributed by atoms with van der Waals surface area (Å²) in [5.74, 6) is -0.558. The van der Waals surface area contributed by atoms with Crippen molar-refractivity contribution in [2.24, 2.45) is 0 Å². The minimum atomic E-state index is -0.340. The summed E-state index contributed by atoms with van der Waals surface area (Å²) in [5, 5.41) is 16.7. The maximum atomic E-state index is 12.5. The molecule has 5 nitrogen and oxygen atoms in total. The van der Waals surface area contributed by atoms with Crippen molar-refractivity contribution < 1.29 is 9.90 Å². The quantitative estimate of drug-likeness (QED) is 0.677. The van der Waals surface area contributed by atoms with Gasteiger partial charge >= 0.3 is 0 Å². The zero-order valence-electron chi connectivity index (χ0n) is 12.6. The molecule has 0 aliphatic carbocycles. The van der Waals surface area contributed by atoms with Gasteiger partial charge < -0.3 is 10.4 Å². The summed E-state index contributed by atoms with van der Waals surface area (Å²) in [4.78, 5) is 12.5. The Hall–Kier alpha value is -2.50. The predicted molar refractivity (Wildman–Crippen MR) is 94.4 cm³/mol. The molecule has 1 aromatic heterocycles. The highest BCUT2D eigenvalue weighted by Crippen LogP contribution is 2.34. The molecule has 3 aromatic rings. The lowest BCUT2D eigenvalue weighted by Crippen LogP contribution is -2.13. The fourth-order valence-corrected chi connectivity index (χ4v) is 2.79. The van der Waals surface area contributed by atoms with Crippen LogP contribution in [0.5, 0.6) is 5.75 Å². The highest BCUT2D eigenvalue weighted by atomic mass is 35.5. The predicted octanol–water partition coefficient (Wildman–Crippen LogP) is 4.45. The number of para-hydroxylation sites is 1. The van der Waals surface area contributed by atoms with Gasteiger partial charge in [-0.05, 0) is 31.2 Å². The summed E-state index contributed by atoms with van der Waals surface area (Å²) in [6, 6.07) is 12.4. The molecule has 3 rings (SSSR count). The number of amides is 1. The molecule has 122 valence electrons. The van der Waals surface area contributed by atoms with Gasteiger partial charge in [-0.2, -0.15) is 5.10 Å². The first-order chi connectivity index (χ1) is 11.5. The van der Waals surface area contributed by atoms with Crippen molar-refractivity contribution in [2.75, 3.05) is 5.32 Å². The molecule has 1 amide bonds. The van der Waals surface area contributed by atoms with E-state index >= 15 is 0 Å². The first-order valence-corrected chi connectivity index (χ1v) is 7.82. The molecule has 0 fully saturated rings. The van der Waals surface area contributed by atoms with Crippen LogP contribution in [0.25, 0.3) is 5.69 Å². The largest absolute Gasteiger partial charge is 0.505 e. The first kappa shape index (κ1) is 16.4. The van der Waals surface area contributed by atoms with Crippen LogP contribution in [0, 0.1) is 6.92 Å². The fourth-order valence-electron chi connectivity index (χ4n) is 2.30. The minimum absolute atomic E-state index is 0.0644. The van der Waals surface area contributed by atoms with Crippen LogP contribution in [0.15, 0.2) is 48.7 Å². The van der Waals surface area contributed by atoms with E-state index in [1.54, 1.807) is 4.68 Å². The molecule has 7 heteroatoms. The summed E-state index contributed by atoms with van der Waals surface area (Å²) in [7, 11) is 0. The summed E-state index contributed by atoms with van der Waals surface area (Å²) in [5.41, 5.74) is 2.39. The number of halogens is 2. The van der Waals surface area contributed by atoms with Gasteiger partial charge in [-0.25, -0.2) is 4.68 Å². The molecule has 0 spiro atoms. The zero-order chi connectivity index (χ0) is 17.3. The maximum Gasteiger partial charge on any atom is 0.259 e. The van der Waals surface area contributed by atoms with Crippen molar-refractivity contribution in [3.05, 3.63) is 70.0 Å². The van der Waals surface area contributed by atoms with Crippen LogP contribution in [-0.4, -0.2) is 20.8 Å². The molecule has 1 heterocycles. The Morgan fingerprint density at radius 1 is 1.17 bits per heavy atom. The first-order valence-electron chi connectivity index (χ1n) is 7.07. The number of benzene rings is 2. The van der Waals surface area contributed by atoms with Crippen LogP contribution in [0.1, 0.15) is 16.1 Å². The second kappa shape index (κ2) is 6.55. The van der Waals surface area contributed by atoms with Crippen molar-refractivity contribution in [1.29, 1.82) is 0 Å². The number of nitrogens with zero attached hydrogens (tertiary/aromatic N) is 2. The second-order valence-electron chi connectivity index (χ2n) is 5.13. The van der Waals surface area contributed by atoms with E-state index in [-0.39, 0.29) is 21.7 Å². The molecular weight excluding hydrogens is 349 g/mol. The van der Waals surface area contributed by atoms with E-state index in [4.69, 9.17) is 23.2 Å². The molecule has 0 atom stereocenters. The van der Waals surface area contributed by atoms with E-state index in [0.717, 1.165) is 5.69 Å². The SMILES string of the molecule is Cc1c(C(=O)Nc2cc(Cl)c(O)c(Cl)c2)cnn1-c1ccccc1. The third-order valence-corrected chi connectivity index (χ3v) is 4.11. The Kier molecular flexibility index (Phi) is 4.46. The van der Waals surface area contributed by atoms with Gasteiger partial charge in [-0.15, -0.1) is 0 Å².